The van der Waals surface area contributed by atoms with Crippen LogP contribution >= 0.6 is 15.9 Å². The highest BCUT2D eigenvalue weighted by molar-refractivity contribution is 9.10. The van der Waals surface area contributed by atoms with Crippen LogP contribution in [0.1, 0.15) is 38.4 Å². The fourth-order valence-electron chi connectivity index (χ4n) is 1.94. The van der Waals surface area contributed by atoms with Crippen molar-refractivity contribution in [2.24, 2.45) is 5.41 Å². The average molecular weight is 343 g/mol. The summed E-state index contributed by atoms with van der Waals surface area (Å²) in [6, 6.07) is 4.92. The van der Waals surface area contributed by atoms with Crippen molar-refractivity contribution >= 4 is 21.9 Å². The van der Waals surface area contributed by atoms with Crippen LogP contribution < -0.4 is 0 Å². The van der Waals surface area contributed by atoms with Gasteiger partial charge in [0.15, 0.2) is 0 Å². The molecule has 0 aromatic heterocycles. The minimum atomic E-state index is -0.979. The number of carboxylic acids is 1. The summed E-state index contributed by atoms with van der Waals surface area (Å²) in [5.74, 6) is -0.928. The van der Waals surface area contributed by atoms with Crippen LogP contribution in [0.5, 0.6) is 5.75 Å². The molecule has 1 rings (SSSR count). The normalized spacial score (nSPS) is 13.6. The van der Waals surface area contributed by atoms with E-state index in [1.165, 1.54) is 6.07 Å². The molecule has 0 saturated heterocycles. The molecule has 0 bridgehead atoms. The van der Waals surface area contributed by atoms with Gasteiger partial charge in [0.2, 0.25) is 0 Å². The maximum Gasteiger partial charge on any atom is 0.327 e. The number of halogens is 1. The van der Waals surface area contributed by atoms with Gasteiger partial charge in [-0.25, -0.2) is 4.79 Å². The van der Waals surface area contributed by atoms with Gasteiger partial charge in [0.05, 0.1) is 6.10 Å². The molecule has 3 N–H and O–H groups in total. The Morgan fingerprint density at radius 3 is 2.70 bits per heavy atom. The van der Waals surface area contributed by atoms with Gasteiger partial charge < -0.3 is 15.3 Å². The molecule has 110 valence electrons. The summed E-state index contributed by atoms with van der Waals surface area (Å²) < 4.78 is 0.783. The summed E-state index contributed by atoms with van der Waals surface area (Å²) in [6.45, 7) is 3.76. The summed E-state index contributed by atoms with van der Waals surface area (Å²) in [4.78, 5) is 10.4. The second kappa shape index (κ2) is 6.90. The third-order valence-electron chi connectivity index (χ3n) is 3.24. The third kappa shape index (κ3) is 4.65. The van der Waals surface area contributed by atoms with Crippen molar-refractivity contribution in [1.82, 2.24) is 0 Å². The van der Waals surface area contributed by atoms with E-state index >= 15 is 0 Å². The molecule has 0 saturated carbocycles. The lowest BCUT2D eigenvalue weighted by molar-refractivity contribution is -0.131. The second-order valence-electron chi connectivity index (χ2n) is 5.37. The van der Waals surface area contributed by atoms with Crippen LogP contribution in [0.2, 0.25) is 0 Å². The number of carboxylic acid groups (broad SMARTS) is 1. The van der Waals surface area contributed by atoms with Gasteiger partial charge in [-0.1, -0.05) is 35.9 Å². The summed E-state index contributed by atoms with van der Waals surface area (Å²) in [7, 11) is 0. The van der Waals surface area contributed by atoms with Crippen molar-refractivity contribution in [2.45, 2.75) is 32.8 Å². The first-order valence-electron chi connectivity index (χ1n) is 6.30. The van der Waals surface area contributed by atoms with Crippen LogP contribution in [-0.4, -0.2) is 21.3 Å². The number of aliphatic hydroxyl groups is 1. The zero-order valence-electron chi connectivity index (χ0n) is 11.5. The third-order valence-corrected chi connectivity index (χ3v) is 3.73. The fourth-order valence-corrected chi connectivity index (χ4v) is 2.32. The number of benzene rings is 1. The number of aliphatic hydroxyl groups excluding tert-OH is 1. The molecule has 0 aliphatic heterocycles. The van der Waals surface area contributed by atoms with E-state index in [0.29, 0.717) is 18.4 Å². The number of allylic oxidation sites excluding steroid dienone is 1. The lowest BCUT2D eigenvalue weighted by Crippen LogP contribution is -2.22. The molecule has 0 aliphatic rings. The highest BCUT2D eigenvalue weighted by Gasteiger charge is 2.30. The number of phenols is 1. The molecule has 4 nitrogen and oxygen atoms in total. The molecule has 1 aromatic rings. The monoisotopic (exact) mass is 342 g/mol. The lowest BCUT2D eigenvalue weighted by atomic mass is 9.78. The van der Waals surface area contributed by atoms with Crippen molar-refractivity contribution < 1.29 is 20.1 Å². The first-order valence-corrected chi connectivity index (χ1v) is 7.09. The van der Waals surface area contributed by atoms with Crippen molar-refractivity contribution in [3.8, 4) is 5.75 Å². The largest absolute Gasteiger partial charge is 0.508 e. The number of aromatic hydroxyl groups is 1. The number of carbonyl (C=O) groups is 1. The van der Waals surface area contributed by atoms with Crippen LogP contribution in [0.25, 0.3) is 0 Å². The van der Waals surface area contributed by atoms with Gasteiger partial charge in [-0.3, -0.25) is 0 Å². The molecule has 0 radical (unpaired) electrons. The van der Waals surface area contributed by atoms with E-state index < -0.39 is 17.5 Å². The number of phenolic OH excluding ortho intramolecular Hbond substituents is 1. The first kappa shape index (κ1) is 16.7. The number of hydrogen-bond acceptors (Lipinski definition) is 3. The van der Waals surface area contributed by atoms with Crippen molar-refractivity contribution in [1.29, 1.82) is 0 Å². The van der Waals surface area contributed by atoms with Gasteiger partial charge in [0, 0.05) is 16.1 Å². The van der Waals surface area contributed by atoms with E-state index in [-0.39, 0.29) is 5.75 Å². The van der Waals surface area contributed by atoms with Crippen LogP contribution in [0.4, 0.5) is 0 Å². The fraction of sp³-hybridized carbons (Fsp3) is 0.400. The molecular formula is C15H19BrO4. The van der Waals surface area contributed by atoms with Crippen molar-refractivity contribution in [3.63, 3.8) is 0 Å². The second-order valence-corrected chi connectivity index (χ2v) is 6.29. The smallest absolute Gasteiger partial charge is 0.327 e. The number of hydrogen-bond donors (Lipinski definition) is 3. The molecule has 0 unspecified atom stereocenters. The Bertz CT molecular complexity index is 509. The van der Waals surface area contributed by atoms with Gasteiger partial charge in [-0.05, 0) is 36.5 Å². The maximum absolute atomic E-state index is 10.4. The van der Waals surface area contributed by atoms with Gasteiger partial charge >= 0.3 is 5.97 Å². The number of rotatable bonds is 6. The molecule has 0 aliphatic carbocycles. The predicted molar refractivity (Wildman–Crippen MR) is 80.6 cm³/mol. The topological polar surface area (TPSA) is 77.8 Å². The SMILES string of the molecule is CC(C)(CC/C=C/C(=O)O)[C@H](O)c1cc(Br)ccc1O. The van der Waals surface area contributed by atoms with Gasteiger partial charge in [0.1, 0.15) is 5.75 Å². The summed E-state index contributed by atoms with van der Waals surface area (Å²) in [5, 5.41) is 28.8. The van der Waals surface area contributed by atoms with E-state index in [0.717, 1.165) is 10.5 Å². The molecular weight excluding hydrogens is 324 g/mol. The summed E-state index contributed by atoms with van der Waals surface area (Å²) in [5.41, 5.74) is -0.0206. The van der Waals surface area contributed by atoms with Gasteiger partial charge in [-0.2, -0.15) is 0 Å². The summed E-state index contributed by atoms with van der Waals surface area (Å²) in [6.07, 6.45) is 2.98. The lowest BCUT2D eigenvalue weighted by Gasteiger charge is -2.31. The molecule has 1 atom stereocenters. The minimum Gasteiger partial charge on any atom is -0.508 e. The van der Waals surface area contributed by atoms with E-state index in [1.807, 2.05) is 13.8 Å². The Balaban J connectivity index is 2.80. The zero-order chi connectivity index (χ0) is 15.3. The molecule has 0 fully saturated rings. The van der Waals surface area contributed by atoms with Gasteiger partial charge in [-0.15, -0.1) is 0 Å². The highest BCUT2D eigenvalue weighted by Crippen LogP contribution is 2.41. The average Bonchev–Trinajstić information content (AvgIpc) is 2.36. The van der Waals surface area contributed by atoms with E-state index in [9.17, 15) is 15.0 Å². The Morgan fingerprint density at radius 1 is 1.45 bits per heavy atom. The Labute approximate surface area is 126 Å². The zero-order valence-corrected chi connectivity index (χ0v) is 13.1. The van der Waals surface area contributed by atoms with Crippen LogP contribution in [0, 0.1) is 5.41 Å². The standard InChI is InChI=1S/C15H19BrO4/c1-15(2,8-4-3-5-13(18)19)14(20)11-9-10(16)6-7-12(11)17/h3,5-7,9,14,17,20H,4,8H2,1-2H3,(H,18,19)/b5-3+/t14-/m1/s1. The van der Waals surface area contributed by atoms with Crippen molar-refractivity contribution in [2.75, 3.05) is 0 Å². The molecule has 0 heterocycles. The predicted octanol–water partition coefficient (Wildman–Crippen LogP) is 3.64. The van der Waals surface area contributed by atoms with Gasteiger partial charge in [0.25, 0.3) is 0 Å². The first-order chi connectivity index (χ1) is 9.24. The van der Waals surface area contributed by atoms with E-state index in [1.54, 1.807) is 18.2 Å². The molecule has 0 spiro atoms. The quantitative estimate of drug-likeness (QED) is 0.689. The van der Waals surface area contributed by atoms with Crippen LogP contribution in [0.3, 0.4) is 0 Å². The Kier molecular flexibility index (Phi) is 5.77. The van der Waals surface area contributed by atoms with Crippen molar-refractivity contribution in [3.05, 3.63) is 40.4 Å². The highest BCUT2D eigenvalue weighted by atomic mass is 79.9. The van der Waals surface area contributed by atoms with E-state index in [4.69, 9.17) is 5.11 Å². The van der Waals surface area contributed by atoms with Crippen LogP contribution in [0.15, 0.2) is 34.8 Å². The van der Waals surface area contributed by atoms with E-state index in [2.05, 4.69) is 15.9 Å². The minimum absolute atomic E-state index is 0.0508. The molecule has 1 aromatic carbocycles. The summed E-state index contributed by atoms with van der Waals surface area (Å²) >= 11 is 3.31. The van der Waals surface area contributed by atoms with Crippen LogP contribution in [-0.2, 0) is 4.79 Å². The molecule has 5 heteroatoms. The molecule has 20 heavy (non-hydrogen) atoms. The molecule has 0 amide bonds. The number of aliphatic carboxylic acids is 1. The Hall–Kier alpha value is -1.33. The maximum atomic E-state index is 10.4. The Morgan fingerprint density at radius 2 is 2.10 bits per heavy atom.